The first kappa shape index (κ1) is 16.1. The summed E-state index contributed by atoms with van der Waals surface area (Å²) in [6, 6.07) is 19.2. The molecule has 24 heavy (non-hydrogen) atoms. The largest absolute Gasteiger partial charge is 0.445 e. The van der Waals surface area contributed by atoms with E-state index in [1.807, 2.05) is 60.7 Å². The highest BCUT2D eigenvalue weighted by Gasteiger charge is 2.39. The van der Waals surface area contributed by atoms with Crippen molar-refractivity contribution in [2.24, 2.45) is 11.7 Å². The van der Waals surface area contributed by atoms with Crippen LogP contribution in [-0.4, -0.2) is 30.0 Å². The van der Waals surface area contributed by atoms with Crippen LogP contribution in [0.1, 0.15) is 17.0 Å². The van der Waals surface area contributed by atoms with Gasteiger partial charge in [0.05, 0.1) is 5.92 Å². The van der Waals surface area contributed by atoms with Crippen LogP contribution in [0.3, 0.4) is 0 Å². The number of nitrogens with zero attached hydrogens (tertiary/aromatic N) is 1. The Morgan fingerprint density at radius 1 is 1.00 bits per heavy atom. The predicted molar refractivity (Wildman–Crippen MR) is 90.1 cm³/mol. The van der Waals surface area contributed by atoms with Crippen molar-refractivity contribution in [3.05, 3.63) is 71.8 Å². The Kier molecular flexibility index (Phi) is 4.79. The minimum atomic E-state index is -0.413. The first-order valence-corrected chi connectivity index (χ1v) is 7.95. The number of ether oxygens (including phenoxy) is 1. The van der Waals surface area contributed by atoms with Gasteiger partial charge in [-0.25, -0.2) is 4.79 Å². The number of nitrogens with two attached hydrogens (primary N) is 1. The van der Waals surface area contributed by atoms with Crippen molar-refractivity contribution in [1.29, 1.82) is 0 Å². The van der Waals surface area contributed by atoms with E-state index in [1.54, 1.807) is 4.90 Å². The Morgan fingerprint density at radius 2 is 1.62 bits per heavy atom. The van der Waals surface area contributed by atoms with Crippen LogP contribution in [0.5, 0.6) is 0 Å². The highest BCUT2D eigenvalue weighted by Crippen LogP contribution is 2.32. The standard InChI is InChI=1S/C19H20N2O3/c20-18(22)17-12-21(11-16(17)15-9-5-2-6-10-15)19(23)24-13-14-7-3-1-4-8-14/h1-10,16-17H,11-13H2,(H2,20,22)/t16-,17+/m0/s1. The molecule has 0 aromatic heterocycles. The highest BCUT2D eigenvalue weighted by atomic mass is 16.6. The number of likely N-dealkylation sites (tertiary alicyclic amines) is 1. The smallest absolute Gasteiger partial charge is 0.410 e. The van der Waals surface area contributed by atoms with Crippen molar-refractivity contribution in [3.63, 3.8) is 0 Å². The highest BCUT2D eigenvalue weighted by molar-refractivity contribution is 5.80. The Labute approximate surface area is 141 Å². The summed E-state index contributed by atoms with van der Waals surface area (Å²) in [6.45, 7) is 0.946. The molecule has 1 heterocycles. The van der Waals surface area contributed by atoms with Crippen LogP contribution in [0.25, 0.3) is 0 Å². The lowest BCUT2D eigenvalue weighted by Crippen LogP contribution is -2.32. The molecule has 0 aliphatic carbocycles. The molecule has 2 amide bonds. The number of primary amides is 1. The summed E-state index contributed by atoms with van der Waals surface area (Å²) in [5.74, 6) is -0.869. The molecule has 5 heteroatoms. The summed E-state index contributed by atoms with van der Waals surface area (Å²) in [7, 11) is 0. The van der Waals surface area contributed by atoms with E-state index in [2.05, 4.69) is 0 Å². The van der Waals surface area contributed by atoms with E-state index < -0.39 is 12.0 Å². The van der Waals surface area contributed by atoms with Gasteiger partial charge in [-0.2, -0.15) is 0 Å². The lowest BCUT2D eigenvalue weighted by atomic mass is 9.89. The number of amides is 2. The second kappa shape index (κ2) is 7.17. The fraction of sp³-hybridized carbons (Fsp3) is 0.263. The van der Waals surface area contributed by atoms with Gasteiger partial charge in [0.2, 0.25) is 5.91 Å². The number of benzene rings is 2. The van der Waals surface area contributed by atoms with Crippen LogP contribution >= 0.6 is 0 Å². The molecular weight excluding hydrogens is 304 g/mol. The third-order valence-electron chi connectivity index (χ3n) is 4.38. The molecule has 1 saturated heterocycles. The number of rotatable bonds is 4. The molecule has 2 N–H and O–H groups in total. The first-order chi connectivity index (χ1) is 11.6. The van der Waals surface area contributed by atoms with Gasteiger partial charge in [0.25, 0.3) is 0 Å². The monoisotopic (exact) mass is 324 g/mol. The van der Waals surface area contributed by atoms with Gasteiger partial charge in [-0.3, -0.25) is 4.79 Å². The molecule has 0 bridgehead atoms. The Bertz CT molecular complexity index is 703. The quantitative estimate of drug-likeness (QED) is 0.939. The van der Waals surface area contributed by atoms with Crippen molar-refractivity contribution in [2.75, 3.05) is 13.1 Å². The normalized spacial score (nSPS) is 19.9. The van der Waals surface area contributed by atoms with Crippen LogP contribution < -0.4 is 5.73 Å². The summed E-state index contributed by atoms with van der Waals surface area (Å²) >= 11 is 0. The molecule has 1 aliphatic heterocycles. The number of carbonyl (C=O) groups excluding carboxylic acids is 2. The zero-order chi connectivity index (χ0) is 16.9. The number of hydrogen-bond acceptors (Lipinski definition) is 3. The van der Waals surface area contributed by atoms with E-state index in [4.69, 9.17) is 10.5 Å². The summed E-state index contributed by atoms with van der Waals surface area (Å²) in [6.07, 6.45) is -0.413. The number of carbonyl (C=O) groups is 2. The second-order valence-electron chi connectivity index (χ2n) is 5.97. The van der Waals surface area contributed by atoms with Crippen molar-refractivity contribution < 1.29 is 14.3 Å². The first-order valence-electron chi connectivity index (χ1n) is 7.95. The van der Waals surface area contributed by atoms with Crippen LogP contribution in [-0.2, 0) is 16.1 Å². The molecule has 0 spiro atoms. The molecule has 5 nitrogen and oxygen atoms in total. The van der Waals surface area contributed by atoms with Gasteiger partial charge in [-0.1, -0.05) is 60.7 Å². The van der Waals surface area contributed by atoms with Gasteiger partial charge in [-0.15, -0.1) is 0 Å². The van der Waals surface area contributed by atoms with Gasteiger partial charge in [0.1, 0.15) is 6.61 Å². The van der Waals surface area contributed by atoms with Gasteiger partial charge in [0, 0.05) is 19.0 Å². The van der Waals surface area contributed by atoms with E-state index in [0.717, 1.165) is 11.1 Å². The average Bonchev–Trinajstić information content (AvgIpc) is 3.07. The van der Waals surface area contributed by atoms with E-state index in [0.29, 0.717) is 13.1 Å². The minimum absolute atomic E-state index is 0.0898. The molecule has 3 rings (SSSR count). The van der Waals surface area contributed by atoms with Gasteiger partial charge >= 0.3 is 6.09 Å². The lowest BCUT2D eigenvalue weighted by Gasteiger charge is -2.16. The SMILES string of the molecule is NC(=O)[C@@H]1CN(C(=O)OCc2ccccc2)C[C@H]1c1ccccc1. The van der Waals surface area contributed by atoms with Crippen LogP contribution in [0.15, 0.2) is 60.7 Å². The van der Waals surface area contributed by atoms with E-state index in [9.17, 15) is 9.59 Å². The molecule has 2 aromatic rings. The maximum Gasteiger partial charge on any atom is 0.410 e. The molecular formula is C19H20N2O3. The molecule has 0 unspecified atom stereocenters. The lowest BCUT2D eigenvalue weighted by molar-refractivity contribution is -0.121. The zero-order valence-corrected chi connectivity index (χ0v) is 13.3. The van der Waals surface area contributed by atoms with Crippen molar-refractivity contribution in [3.8, 4) is 0 Å². The third-order valence-corrected chi connectivity index (χ3v) is 4.38. The van der Waals surface area contributed by atoms with Gasteiger partial charge in [0.15, 0.2) is 0 Å². The van der Waals surface area contributed by atoms with E-state index in [-0.39, 0.29) is 18.4 Å². The van der Waals surface area contributed by atoms with Crippen molar-refractivity contribution in [2.45, 2.75) is 12.5 Å². The summed E-state index contributed by atoms with van der Waals surface area (Å²) in [4.78, 5) is 25.7. The summed E-state index contributed by atoms with van der Waals surface area (Å²) in [5.41, 5.74) is 7.48. The van der Waals surface area contributed by atoms with Crippen molar-refractivity contribution in [1.82, 2.24) is 4.90 Å². The number of hydrogen-bond donors (Lipinski definition) is 1. The molecule has 2 aromatic carbocycles. The molecule has 0 radical (unpaired) electrons. The minimum Gasteiger partial charge on any atom is -0.445 e. The van der Waals surface area contributed by atoms with Crippen LogP contribution in [0, 0.1) is 5.92 Å². The molecule has 1 aliphatic rings. The van der Waals surface area contributed by atoms with Crippen molar-refractivity contribution >= 4 is 12.0 Å². The predicted octanol–water partition coefficient (Wildman–Crippen LogP) is 2.52. The maximum atomic E-state index is 12.3. The second-order valence-corrected chi connectivity index (χ2v) is 5.97. The van der Waals surface area contributed by atoms with Crippen LogP contribution in [0.2, 0.25) is 0 Å². The summed E-state index contributed by atoms with van der Waals surface area (Å²) in [5, 5.41) is 0. The average molecular weight is 324 g/mol. The van der Waals surface area contributed by atoms with Crippen LogP contribution in [0.4, 0.5) is 4.79 Å². The van der Waals surface area contributed by atoms with Gasteiger partial charge in [-0.05, 0) is 11.1 Å². The van der Waals surface area contributed by atoms with Gasteiger partial charge < -0.3 is 15.4 Å². The molecule has 2 atom stereocenters. The van der Waals surface area contributed by atoms with E-state index >= 15 is 0 Å². The maximum absolute atomic E-state index is 12.3. The Balaban J connectivity index is 1.66. The molecule has 0 saturated carbocycles. The third kappa shape index (κ3) is 3.56. The fourth-order valence-corrected chi connectivity index (χ4v) is 3.09. The zero-order valence-electron chi connectivity index (χ0n) is 13.3. The topological polar surface area (TPSA) is 72.6 Å². The summed E-state index contributed by atoms with van der Waals surface area (Å²) < 4.78 is 5.36. The van der Waals surface area contributed by atoms with E-state index in [1.165, 1.54) is 0 Å². The molecule has 1 fully saturated rings. The Morgan fingerprint density at radius 3 is 2.25 bits per heavy atom. The fourth-order valence-electron chi connectivity index (χ4n) is 3.09. The molecule has 124 valence electrons. The Hall–Kier alpha value is -2.82.